The zero-order chi connectivity index (χ0) is 19.1. The van der Waals surface area contributed by atoms with Crippen molar-refractivity contribution in [1.29, 1.82) is 0 Å². The molecule has 2 aromatic carbocycles. The van der Waals surface area contributed by atoms with Gasteiger partial charge in [-0.25, -0.2) is 0 Å². The van der Waals surface area contributed by atoms with Crippen molar-refractivity contribution in [1.82, 2.24) is 0 Å². The minimum atomic E-state index is -1.09. The molecule has 0 spiro atoms. The molecule has 0 aliphatic carbocycles. The maximum atomic E-state index is 12.6. The Labute approximate surface area is 149 Å². The second-order valence-corrected chi connectivity index (χ2v) is 5.65. The van der Waals surface area contributed by atoms with Gasteiger partial charge in [0.25, 0.3) is 5.69 Å². The van der Waals surface area contributed by atoms with Crippen LogP contribution in [-0.2, 0) is 25.8 Å². The summed E-state index contributed by atoms with van der Waals surface area (Å²) in [6, 6.07) is 14.5. The first-order valence-corrected chi connectivity index (χ1v) is 7.79. The molecule has 0 amide bonds. The average molecular weight is 358 g/mol. The van der Waals surface area contributed by atoms with E-state index in [0.717, 1.165) is 5.56 Å². The van der Waals surface area contributed by atoms with Crippen LogP contribution in [0.2, 0.25) is 0 Å². The minimum absolute atomic E-state index is 0.00942. The van der Waals surface area contributed by atoms with Crippen molar-refractivity contribution in [2.45, 2.75) is 19.4 Å². The molecule has 2 rings (SSSR count). The molecule has 0 saturated heterocycles. The van der Waals surface area contributed by atoms with Gasteiger partial charge in [-0.1, -0.05) is 49.4 Å². The lowest BCUT2D eigenvalue weighted by Crippen LogP contribution is -2.30. The van der Waals surface area contributed by atoms with E-state index < -0.39 is 28.7 Å². The maximum absolute atomic E-state index is 12.6. The van der Waals surface area contributed by atoms with Crippen molar-refractivity contribution in [2.75, 3.05) is 0 Å². The van der Waals surface area contributed by atoms with Crippen LogP contribution in [0.4, 0.5) is 5.69 Å². The van der Waals surface area contributed by atoms with Crippen molar-refractivity contribution in [3.63, 3.8) is 0 Å². The van der Waals surface area contributed by atoms with Gasteiger partial charge in [-0.05, 0) is 11.1 Å². The third kappa shape index (κ3) is 4.64. The molecule has 0 bridgehead atoms. The molecule has 136 valence electrons. The van der Waals surface area contributed by atoms with Crippen LogP contribution in [0.3, 0.4) is 0 Å². The van der Waals surface area contributed by atoms with E-state index >= 15 is 0 Å². The second-order valence-electron chi connectivity index (χ2n) is 5.65. The number of non-ortho nitro benzene ring substituents is 1. The van der Waals surface area contributed by atoms with Crippen molar-refractivity contribution < 1.29 is 24.1 Å². The highest BCUT2D eigenvalue weighted by molar-refractivity contribution is 5.86. The Morgan fingerprint density at radius 3 is 2.42 bits per heavy atom. The van der Waals surface area contributed by atoms with Gasteiger partial charge in [0.2, 0.25) is 0 Å². The van der Waals surface area contributed by atoms with Gasteiger partial charge in [0.05, 0.1) is 16.8 Å². The smallest absolute Gasteiger partial charge is 0.328 e. The summed E-state index contributed by atoms with van der Waals surface area (Å²) in [5.41, 5.74) is 0.847. The molecule has 0 aliphatic heterocycles. The Morgan fingerprint density at radius 1 is 1.12 bits per heavy atom. The minimum Gasteiger partial charge on any atom is -0.460 e. The van der Waals surface area contributed by atoms with Crippen LogP contribution in [0.25, 0.3) is 0 Å². The first-order valence-electron chi connectivity index (χ1n) is 7.79. The maximum Gasteiger partial charge on any atom is 0.328 e. The molecule has 0 aliphatic rings. The molecule has 8 heteroatoms. The molecular weight excluding hydrogens is 340 g/mol. The number of nitro benzene ring substituents is 1. The third-order valence-electron chi connectivity index (χ3n) is 3.91. The van der Waals surface area contributed by atoms with Crippen molar-refractivity contribution in [2.24, 2.45) is 11.8 Å². The number of nitrogens with zero attached hydrogens (tertiary/aromatic N) is 1. The fourth-order valence-electron chi connectivity index (χ4n) is 2.52. The molecule has 8 nitrogen and oxygen atoms in total. The topological polar surface area (TPSA) is 122 Å². The van der Waals surface area contributed by atoms with Crippen molar-refractivity contribution in [3.8, 4) is 0 Å². The zero-order valence-electron chi connectivity index (χ0n) is 14.0. The van der Waals surface area contributed by atoms with Gasteiger partial charge < -0.3 is 9.57 Å². The fraction of sp³-hybridized carbons (Fsp3) is 0.222. The third-order valence-corrected chi connectivity index (χ3v) is 3.91. The monoisotopic (exact) mass is 358 g/mol. The molecule has 0 saturated carbocycles. The highest BCUT2D eigenvalue weighted by atomic mass is 16.7. The summed E-state index contributed by atoms with van der Waals surface area (Å²) in [5, 5.41) is 11.0. The van der Waals surface area contributed by atoms with E-state index in [-0.39, 0.29) is 17.9 Å². The Balaban J connectivity index is 2.28. The Morgan fingerprint density at radius 2 is 1.81 bits per heavy atom. The van der Waals surface area contributed by atoms with Crippen LogP contribution in [0.5, 0.6) is 0 Å². The quantitative estimate of drug-likeness (QED) is 0.458. The van der Waals surface area contributed by atoms with Crippen LogP contribution in [0.15, 0.2) is 54.6 Å². The van der Waals surface area contributed by atoms with Gasteiger partial charge >= 0.3 is 11.9 Å². The van der Waals surface area contributed by atoms with Gasteiger partial charge in [-0.15, -0.1) is 0 Å². The Kier molecular flexibility index (Phi) is 6.40. The van der Waals surface area contributed by atoms with E-state index in [1.54, 1.807) is 24.3 Å². The standard InChI is InChI=1S/C18H18N2O6/c1-12(17(21)26-19)16(14-8-5-9-15(10-14)20(23)24)18(22)25-11-13-6-3-2-4-7-13/h2-10,12,16H,11,19H2,1H3. The number of carbonyl (C=O) groups is 2. The highest BCUT2D eigenvalue weighted by Crippen LogP contribution is 2.30. The summed E-state index contributed by atoms with van der Waals surface area (Å²) in [6.45, 7) is 1.46. The number of hydrogen-bond donors (Lipinski definition) is 1. The summed E-state index contributed by atoms with van der Waals surface area (Å²) >= 11 is 0. The second kappa shape index (κ2) is 8.72. The number of carbonyl (C=O) groups excluding carboxylic acids is 2. The van der Waals surface area contributed by atoms with Crippen molar-refractivity contribution >= 4 is 17.6 Å². The molecule has 0 fully saturated rings. The van der Waals surface area contributed by atoms with Gasteiger partial charge in [0.15, 0.2) is 0 Å². The van der Waals surface area contributed by atoms with Crippen LogP contribution in [-0.4, -0.2) is 16.9 Å². The number of nitrogens with two attached hydrogens (primary N) is 1. The number of ether oxygens (including phenoxy) is 1. The predicted molar refractivity (Wildman–Crippen MR) is 91.5 cm³/mol. The molecule has 2 aromatic rings. The molecule has 2 N–H and O–H groups in total. The molecule has 0 aromatic heterocycles. The summed E-state index contributed by atoms with van der Waals surface area (Å²) in [5.74, 6) is 1.33. The number of benzene rings is 2. The van der Waals surface area contributed by atoms with E-state index in [4.69, 9.17) is 10.6 Å². The summed E-state index contributed by atoms with van der Waals surface area (Å²) < 4.78 is 5.30. The summed E-state index contributed by atoms with van der Waals surface area (Å²) in [4.78, 5) is 39.1. The number of rotatable bonds is 7. The molecule has 2 atom stereocenters. The predicted octanol–water partition coefficient (Wildman–Crippen LogP) is 2.47. The number of nitro groups is 1. The lowest BCUT2D eigenvalue weighted by molar-refractivity contribution is -0.384. The van der Waals surface area contributed by atoms with Gasteiger partial charge in [-0.2, -0.15) is 5.90 Å². The lowest BCUT2D eigenvalue weighted by Gasteiger charge is -2.21. The molecule has 2 unspecified atom stereocenters. The zero-order valence-corrected chi connectivity index (χ0v) is 14.0. The number of hydrogen-bond acceptors (Lipinski definition) is 7. The van der Waals surface area contributed by atoms with Crippen molar-refractivity contribution in [3.05, 3.63) is 75.8 Å². The molecule has 0 heterocycles. The molecule has 26 heavy (non-hydrogen) atoms. The van der Waals surface area contributed by atoms with Gasteiger partial charge in [-0.3, -0.25) is 19.7 Å². The van der Waals surface area contributed by atoms with E-state index in [9.17, 15) is 19.7 Å². The highest BCUT2D eigenvalue weighted by Gasteiger charge is 2.35. The molecular formula is C18H18N2O6. The summed E-state index contributed by atoms with van der Waals surface area (Å²) in [6.07, 6.45) is 0. The average Bonchev–Trinajstić information content (AvgIpc) is 2.66. The van der Waals surface area contributed by atoms with Gasteiger partial charge in [0.1, 0.15) is 6.61 Å². The normalized spacial score (nSPS) is 12.7. The van der Waals surface area contributed by atoms with Crippen LogP contribution < -0.4 is 5.90 Å². The largest absolute Gasteiger partial charge is 0.460 e. The van der Waals surface area contributed by atoms with E-state index in [1.165, 1.54) is 31.2 Å². The summed E-state index contributed by atoms with van der Waals surface area (Å²) in [7, 11) is 0. The first kappa shape index (κ1) is 19.1. The van der Waals surface area contributed by atoms with Crippen LogP contribution in [0, 0.1) is 16.0 Å². The lowest BCUT2D eigenvalue weighted by atomic mass is 9.87. The van der Waals surface area contributed by atoms with E-state index in [2.05, 4.69) is 4.84 Å². The van der Waals surface area contributed by atoms with E-state index in [0.29, 0.717) is 0 Å². The Hall–Kier alpha value is -3.26. The fourth-order valence-corrected chi connectivity index (χ4v) is 2.52. The van der Waals surface area contributed by atoms with Crippen LogP contribution >= 0.6 is 0 Å². The van der Waals surface area contributed by atoms with Crippen LogP contribution in [0.1, 0.15) is 24.0 Å². The molecule has 0 radical (unpaired) electrons. The van der Waals surface area contributed by atoms with E-state index in [1.807, 2.05) is 6.07 Å². The SMILES string of the molecule is CC(C(=O)ON)C(C(=O)OCc1ccccc1)c1cccc([N+](=O)[O-])c1. The first-order chi connectivity index (χ1) is 12.4. The Bertz CT molecular complexity index is 793. The number of esters is 1. The van der Waals surface area contributed by atoms with Gasteiger partial charge in [0, 0.05) is 12.1 Å².